The Morgan fingerprint density at radius 2 is 1.89 bits per heavy atom. The molecular formula is C17H32N2. The molecule has 3 rings (SSSR count). The minimum atomic E-state index is 0.741. The maximum absolute atomic E-state index is 3.63. The molecule has 3 aliphatic rings. The van der Waals surface area contributed by atoms with E-state index in [9.17, 15) is 0 Å². The van der Waals surface area contributed by atoms with E-state index in [1.807, 2.05) is 0 Å². The standard InChI is InChI=1S/C17H32N2/c1-2-13-19(15-7-6-12-18-14-15)16-8-11-17(16)9-4-3-5-10-17/h15-16,18H,2-14H2,1H3. The predicted molar refractivity (Wildman–Crippen MR) is 81.4 cm³/mol. The molecule has 1 saturated heterocycles. The van der Waals surface area contributed by atoms with Crippen LogP contribution >= 0.6 is 0 Å². The number of nitrogens with zero attached hydrogens (tertiary/aromatic N) is 1. The summed E-state index contributed by atoms with van der Waals surface area (Å²) in [5.74, 6) is 0. The Morgan fingerprint density at radius 1 is 1.05 bits per heavy atom. The SMILES string of the molecule is CCCN(C1CCCNC1)C1CCC12CCCCC2. The van der Waals surface area contributed by atoms with Gasteiger partial charge in [0.1, 0.15) is 0 Å². The van der Waals surface area contributed by atoms with Gasteiger partial charge in [-0.25, -0.2) is 0 Å². The van der Waals surface area contributed by atoms with Gasteiger partial charge < -0.3 is 5.32 Å². The van der Waals surface area contributed by atoms with Crippen LogP contribution in [0.4, 0.5) is 0 Å². The zero-order valence-electron chi connectivity index (χ0n) is 12.8. The molecule has 110 valence electrons. The zero-order valence-corrected chi connectivity index (χ0v) is 12.8. The summed E-state index contributed by atoms with van der Waals surface area (Å²) < 4.78 is 0. The number of piperidine rings is 1. The predicted octanol–water partition coefficient (Wildman–Crippen LogP) is 3.56. The van der Waals surface area contributed by atoms with E-state index in [2.05, 4.69) is 17.1 Å². The van der Waals surface area contributed by atoms with Gasteiger partial charge in [-0.1, -0.05) is 26.2 Å². The molecule has 0 radical (unpaired) electrons. The summed E-state index contributed by atoms with van der Waals surface area (Å²) in [6, 6.07) is 1.76. The second-order valence-electron chi connectivity index (χ2n) is 7.22. The smallest absolute Gasteiger partial charge is 0.0224 e. The van der Waals surface area contributed by atoms with Crippen molar-refractivity contribution in [1.29, 1.82) is 0 Å². The third-order valence-corrected chi connectivity index (χ3v) is 6.09. The van der Waals surface area contributed by atoms with Gasteiger partial charge in [-0.3, -0.25) is 4.90 Å². The van der Waals surface area contributed by atoms with Crippen LogP contribution in [-0.4, -0.2) is 36.6 Å². The topological polar surface area (TPSA) is 15.3 Å². The molecule has 0 aromatic carbocycles. The molecule has 0 aromatic heterocycles. The molecule has 1 aliphatic heterocycles. The summed E-state index contributed by atoms with van der Waals surface area (Å²) in [6.07, 6.45) is 14.7. The Hall–Kier alpha value is -0.0800. The molecule has 3 fully saturated rings. The van der Waals surface area contributed by atoms with Crippen molar-refractivity contribution in [1.82, 2.24) is 10.2 Å². The Kier molecular flexibility index (Phi) is 4.48. The van der Waals surface area contributed by atoms with E-state index in [1.54, 1.807) is 0 Å². The molecule has 2 aliphatic carbocycles. The monoisotopic (exact) mass is 264 g/mol. The van der Waals surface area contributed by atoms with E-state index in [-0.39, 0.29) is 0 Å². The molecule has 1 spiro atoms. The van der Waals surface area contributed by atoms with E-state index >= 15 is 0 Å². The zero-order chi connectivity index (χ0) is 13.1. The van der Waals surface area contributed by atoms with Gasteiger partial charge >= 0.3 is 0 Å². The lowest BCUT2D eigenvalue weighted by Gasteiger charge is -2.58. The van der Waals surface area contributed by atoms with Crippen LogP contribution in [0.25, 0.3) is 0 Å². The lowest BCUT2D eigenvalue weighted by Crippen LogP contribution is -2.61. The molecule has 2 unspecified atom stereocenters. The molecule has 2 heteroatoms. The summed E-state index contributed by atoms with van der Waals surface area (Å²) in [5, 5.41) is 3.63. The fourth-order valence-electron chi connectivity index (χ4n) is 5.01. The molecule has 0 aromatic rings. The quantitative estimate of drug-likeness (QED) is 0.835. The maximum atomic E-state index is 3.63. The minimum Gasteiger partial charge on any atom is -0.315 e. The van der Waals surface area contributed by atoms with E-state index in [0.717, 1.165) is 17.5 Å². The van der Waals surface area contributed by atoms with Gasteiger partial charge in [0, 0.05) is 18.6 Å². The fourth-order valence-corrected chi connectivity index (χ4v) is 5.01. The van der Waals surface area contributed by atoms with Crippen molar-refractivity contribution in [2.24, 2.45) is 5.41 Å². The first-order valence-corrected chi connectivity index (χ1v) is 8.82. The third-order valence-electron chi connectivity index (χ3n) is 6.09. The molecule has 1 heterocycles. The van der Waals surface area contributed by atoms with Gasteiger partial charge in [0.05, 0.1) is 0 Å². The molecule has 2 nitrogen and oxygen atoms in total. The summed E-state index contributed by atoms with van der Waals surface area (Å²) >= 11 is 0. The van der Waals surface area contributed by atoms with E-state index < -0.39 is 0 Å². The lowest BCUT2D eigenvalue weighted by molar-refractivity contribution is -0.0739. The van der Waals surface area contributed by atoms with Crippen LogP contribution in [0.3, 0.4) is 0 Å². The lowest BCUT2D eigenvalue weighted by atomic mass is 9.56. The van der Waals surface area contributed by atoms with Crippen LogP contribution < -0.4 is 5.32 Å². The highest BCUT2D eigenvalue weighted by Crippen LogP contribution is 2.54. The first-order chi connectivity index (χ1) is 9.36. The molecule has 0 amide bonds. The van der Waals surface area contributed by atoms with Gasteiger partial charge in [-0.15, -0.1) is 0 Å². The van der Waals surface area contributed by atoms with Gasteiger partial charge in [0.15, 0.2) is 0 Å². The highest BCUT2D eigenvalue weighted by molar-refractivity contribution is 5.04. The molecule has 19 heavy (non-hydrogen) atoms. The average Bonchev–Trinajstić information content (AvgIpc) is 2.47. The molecule has 2 saturated carbocycles. The first-order valence-electron chi connectivity index (χ1n) is 8.82. The summed E-state index contributed by atoms with van der Waals surface area (Å²) in [5.41, 5.74) is 0.741. The number of nitrogens with one attached hydrogen (secondary N) is 1. The van der Waals surface area contributed by atoms with Crippen molar-refractivity contribution >= 4 is 0 Å². The van der Waals surface area contributed by atoms with Crippen molar-refractivity contribution in [2.45, 2.75) is 83.2 Å². The van der Waals surface area contributed by atoms with Crippen LogP contribution in [0.1, 0.15) is 71.1 Å². The van der Waals surface area contributed by atoms with Gasteiger partial charge in [0.25, 0.3) is 0 Å². The van der Waals surface area contributed by atoms with E-state index in [1.165, 1.54) is 83.8 Å². The Labute approximate surface area is 119 Å². The highest BCUT2D eigenvalue weighted by atomic mass is 15.2. The molecule has 2 atom stereocenters. The third kappa shape index (κ3) is 2.71. The van der Waals surface area contributed by atoms with Crippen LogP contribution in [0.2, 0.25) is 0 Å². The van der Waals surface area contributed by atoms with Crippen molar-refractivity contribution in [3.63, 3.8) is 0 Å². The average molecular weight is 264 g/mol. The van der Waals surface area contributed by atoms with Crippen LogP contribution in [0, 0.1) is 5.41 Å². The summed E-state index contributed by atoms with van der Waals surface area (Å²) in [6.45, 7) is 6.17. The minimum absolute atomic E-state index is 0.741. The molecule has 1 N–H and O–H groups in total. The van der Waals surface area contributed by atoms with E-state index in [4.69, 9.17) is 0 Å². The number of hydrogen-bond acceptors (Lipinski definition) is 2. The number of rotatable bonds is 4. The van der Waals surface area contributed by atoms with Gasteiger partial charge in [0.2, 0.25) is 0 Å². The van der Waals surface area contributed by atoms with Gasteiger partial charge in [-0.2, -0.15) is 0 Å². The van der Waals surface area contributed by atoms with E-state index in [0.29, 0.717) is 0 Å². The van der Waals surface area contributed by atoms with Crippen LogP contribution in [0.15, 0.2) is 0 Å². The first kappa shape index (κ1) is 13.9. The largest absolute Gasteiger partial charge is 0.315 e. The molecular weight excluding hydrogens is 232 g/mol. The highest BCUT2D eigenvalue weighted by Gasteiger charge is 2.50. The fraction of sp³-hybridized carbons (Fsp3) is 1.00. The summed E-state index contributed by atoms with van der Waals surface area (Å²) in [7, 11) is 0. The maximum Gasteiger partial charge on any atom is 0.0224 e. The second-order valence-corrected chi connectivity index (χ2v) is 7.22. The van der Waals surface area contributed by atoms with Crippen molar-refractivity contribution in [2.75, 3.05) is 19.6 Å². The summed E-state index contributed by atoms with van der Waals surface area (Å²) in [4.78, 5) is 2.93. The molecule has 0 bridgehead atoms. The van der Waals surface area contributed by atoms with Crippen LogP contribution in [0.5, 0.6) is 0 Å². The second kappa shape index (κ2) is 6.13. The Bertz CT molecular complexity index is 277. The van der Waals surface area contributed by atoms with Crippen molar-refractivity contribution < 1.29 is 0 Å². The van der Waals surface area contributed by atoms with Crippen LogP contribution in [-0.2, 0) is 0 Å². The van der Waals surface area contributed by atoms with Gasteiger partial charge in [-0.05, 0) is 63.5 Å². The Morgan fingerprint density at radius 3 is 2.47 bits per heavy atom. The normalized spacial score (nSPS) is 34.4. The van der Waals surface area contributed by atoms with Crippen molar-refractivity contribution in [3.05, 3.63) is 0 Å². The van der Waals surface area contributed by atoms with Crippen molar-refractivity contribution in [3.8, 4) is 0 Å². The Balaban J connectivity index is 1.68. The number of hydrogen-bond donors (Lipinski definition) is 1.